The van der Waals surface area contributed by atoms with E-state index >= 15 is 0 Å². The molecule has 3 aromatic rings. The number of rotatable bonds is 6. The molecule has 6 heteroatoms. The van der Waals surface area contributed by atoms with E-state index in [1.54, 1.807) is 12.1 Å². The molecule has 1 aliphatic heterocycles. The summed E-state index contributed by atoms with van der Waals surface area (Å²) in [6.07, 6.45) is 3.13. The highest BCUT2D eigenvalue weighted by atomic mass is 79.9. The fourth-order valence-electron chi connectivity index (χ4n) is 3.83. The van der Waals surface area contributed by atoms with E-state index in [0.29, 0.717) is 23.5 Å². The van der Waals surface area contributed by atoms with Crippen molar-refractivity contribution < 1.29 is 9.90 Å². The molecule has 0 saturated carbocycles. The van der Waals surface area contributed by atoms with Gasteiger partial charge in [-0.25, -0.2) is 0 Å². The summed E-state index contributed by atoms with van der Waals surface area (Å²) in [4.78, 5) is 15.1. The molecule has 0 aliphatic carbocycles. The van der Waals surface area contributed by atoms with E-state index < -0.39 is 0 Å². The van der Waals surface area contributed by atoms with Gasteiger partial charge < -0.3 is 10.0 Å². The van der Waals surface area contributed by atoms with Crippen LogP contribution >= 0.6 is 15.9 Å². The maximum absolute atomic E-state index is 13.2. The van der Waals surface area contributed by atoms with E-state index in [9.17, 15) is 9.90 Å². The van der Waals surface area contributed by atoms with Crippen molar-refractivity contribution in [3.05, 3.63) is 69.8 Å². The summed E-state index contributed by atoms with van der Waals surface area (Å²) in [5.74, 6) is 0.122. The van der Waals surface area contributed by atoms with Crippen LogP contribution in [0.2, 0.25) is 0 Å². The SMILES string of the molecule is CCCCCN1C(=O)c2[nH]nc(-c3ccccc3O)c2C1c1ccc(Br)cc1. The minimum absolute atomic E-state index is 0.0341. The normalized spacial score (nSPS) is 15.9. The Morgan fingerprint density at radius 1 is 1.14 bits per heavy atom. The number of nitrogens with one attached hydrogen (secondary N) is 1. The van der Waals surface area contributed by atoms with E-state index in [1.165, 1.54) is 0 Å². The van der Waals surface area contributed by atoms with Crippen molar-refractivity contribution in [2.75, 3.05) is 6.54 Å². The number of phenols is 1. The van der Waals surface area contributed by atoms with Gasteiger partial charge in [0.2, 0.25) is 0 Å². The number of carbonyl (C=O) groups excluding carboxylic acids is 1. The first-order chi connectivity index (χ1) is 13.6. The molecule has 2 aromatic carbocycles. The van der Waals surface area contributed by atoms with Gasteiger partial charge >= 0.3 is 0 Å². The number of aromatic amines is 1. The zero-order valence-electron chi connectivity index (χ0n) is 15.7. The Labute approximate surface area is 172 Å². The van der Waals surface area contributed by atoms with Crippen molar-refractivity contribution >= 4 is 21.8 Å². The number of aromatic hydroxyl groups is 1. The molecule has 0 fully saturated rings. The lowest BCUT2D eigenvalue weighted by molar-refractivity contribution is 0.0740. The average molecular weight is 440 g/mol. The van der Waals surface area contributed by atoms with Gasteiger partial charge in [0.1, 0.15) is 17.1 Å². The molecule has 1 atom stereocenters. The van der Waals surface area contributed by atoms with Crippen LogP contribution in [0.4, 0.5) is 0 Å². The Balaban J connectivity index is 1.83. The fraction of sp³-hybridized carbons (Fsp3) is 0.273. The highest BCUT2D eigenvalue weighted by molar-refractivity contribution is 9.10. The van der Waals surface area contributed by atoms with Gasteiger partial charge in [0.05, 0.1) is 6.04 Å². The molecular weight excluding hydrogens is 418 g/mol. The van der Waals surface area contributed by atoms with Crippen LogP contribution in [0.3, 0.4) is 0 Å². The van der Waals surface area contributed by atoms with Gasteiger partial charge in [-0.2, -0.15) is 5.10 Å². The Hall–Kier alpha value is -2.60. The van der Waals surface area contributed by atoms with E-state index in [2.05, 4.69) is 33.1 Å². The first-order valence-electron chi connectivity index (χ1n) is 9.55. The zero-order valence-corrected chi connectivity index (χ0v) is 17.2. The number of halogens is 1. The number of fused-ring (bicyclic) bond motifs is 1. The number of benzene rings is 2. The highest BCUT2D eigenvalue weighted by Gasteiger charge is 2.42. The van der Waals surface area contributed by atoms with Crippen molar-refractivity contribution in [3.63, 3.8) is 0 Å². The summed E-state index contributed by atoms with van der Waals surface area (Å²) in [7, 11) is 0. The van der Waals surface area contributed by atoms with Gasteiger partial charge in [-0.05, 0) is 36.2 Å². The van der Waals surface area contributed by atoms with Crippen molar-refractivity contribution in [2.45, 2.75) is 32.2 Å². The van der Waals surface area contributed by atoms with Crippen LogP contribution in [0, 0.1) is 0 Å². The van der Waals surface area contributed by atoms with E-state index in [-0.39, 0.29) is 17.7 Å². The molecule has 1 unspecified atom stereocenters. The van der Waals surface area contributed by atoms with E-state index in [4.69, 9.17) is 0 Å². The minimum atomic E-state index is -0.221. The van der Waals surface area contributed by atoms with Crippen LogP contribution in [-0.2, 0) is 0 Å². The predicted molar refractivity (Wildman–Crippen MR) is 112 cm³/mol. The number of amides is 1. The van der Waals surface area contributed by atoms with Crippen LogP contribution in [-0.4, -0.2) is 32.7 Å². The Morgan fingerprint density at radius 3 is 2.61 bits per heavy atom. The third kappa shape index (κ3) is 3.22. The molecule has 1 aliphatic rings. The number of para-hydroxylation sites is 1. The minimum Gasteiger partial charge on any atom is -0.507 e. The van der Waals surface area contributed by atoms with Gasteiger partial charge in [0.15, 0.2) is 0 Å². The standard InChI is InChI=1S/C22H22BrN3O2/c1-2-3-6-13-26-21(14-9-11-15(23)12-10-14)18-19(24-25-20(18)22(26)28)16-7-4-5-8-17(16)27/h4-5,7-12,21,27H,2-3,6,13H2,1H3,(H,24,25). The van der Waals surface area contributed by atoms with Gasteiger partial charge in [0.25, 0.3) is 5.91 Å². The predicted octanol–water partition coefficient (Wildman–Crippen LogP) is 5.28. The quantitative estimate of drug-likeness (QED) is 0.513. The summed E-state index contributed by atoms with van der Waals surface area (Å²) in [5, 5.41) is 17.7. The van der Waals surface area contributed by atoms with Crippen LogP contribution in [0.5, 0.6) is 5.75 Å². The molecule has 0 radical (unpaired) electrons. The smallest absolute Gasteiger partial charge is 0.273 e. The molecule has 0 bridgehead atoms. The number of unbranched alkanes of at least 4 members (excludes halogenated alkanes) is 2. The molecular formula is C22H22BrN3O2. The fourth-order valence-corrected chi connectivity index (χ4v) is 4.09. The first-order valence-corrected chi connectivity index (χ1v) is 10.3. The summed E-state index contributed by atoms with van der Waals surface area (Å²) in [6, 6.07) is 14.9. The first kappa shape index (κ1) is 18.7. The Bertz CT molecular complexity index is 997. The van der Waals surface area contributed by atoms with Crippen molar-refractivity contribution in [2.24, 2.45) is 0 Å². The van der Waals surface area contributed by atoms with Crippen molar-refractivity contribution in [1.82, 2.24) is 15.1 Å². The average Bonchev–Trinajstić information content (AvgIpc) is 3.23. The number of aromatic nitrogens is 2. The molecule has 144 valence electrons. The molecule has 0 spiro atoms. The van der Waals surface area contributed by atoms with E-state index in [1.807, 2.05) is 41.3 Å². The zero-order chi connectivity index (χ0) is 19.7. The largest absolute Gasteiger partial charge is 0.507 e. The molecule has 2 heterocycles. The highest BCUT2D eigenvalue weighted by Crippen LogP contribution is 2.44. The van der Waals surface area contributed by atoms with Crippen LogP contribution in [0.15, 0.2) is 53.0 Å². The number of H-pyrrole nitrogens is 1. The summed E-state index contributed by atoms with van der Waals surface area (Å²) in [5.41, 5.74) is 3.65. The lowest BCUT2D eigenvalue weighted by Crippen LogP contribution is -2.30. The number of hydrogen-bond donors (Lipinski definition) is 2. The topological polar surface area (TPSA) is 69.2 Å². The number of nitrogens with zero attached hydrogens (tertiary/aromatic N) is 2. The second kappa shape index (κ2) is 7.80. The summed E-state index contributed by atoms with van der Waals surface area (Å²) in [6.45, 7) is 2.84. The molecule has 2 N–H and O–H groups in total. The molecule has 1 amide bonds. The monoisotopic (exact) mass is 439 g/mol. The molecule has 5 nitrogen and oxygen atoms in total. The maximum atomic E-state index is 13.2. The lowest BCUT2D eigenvalue weighted by atomic mass is 9.95. The van der Waals surface area contributed by atoms with Crippen LogP contribution in [0.25, 0.3) is 11.3 Å². The second-order valence-corrected chi connectivity index (χ2v) is 7.95. The van der Waals surface area contributed by atoms with Crippen molar-refractivity contribution in [3.8, 4) is 17.0 Å². The maximum Gasteiger partial charge on any atom is 0.273 e. The van der Waals surface area contributed by atoms with Gasteiger partial charge in [-0.15, -0.1) is 0 Å². The van der Waals surface area contributed by atoms with Crippen LogP contribution in [0.1, 0.15) is 53.8 Å². The van der Waals surface area contributed by atoms with Gasteiger partial charge in [-0.1, -0.05) is 60.0 Å². The van der Waals surface area contributed by atoms with Gasteiger partial charge in [-0.3, -0.25) is 9.89 Å². The summed E-state index contributed by atoms with van der Waals surface area (Å²) >= 11 is 3.49. The number of hydrogen-bond acceptors (Lipinski definition) is 3. The number of carbonyl (C=O) groups is 1. The third-order valence-corrected chi connectivity index (χ3v) is 5.74. The Morgan fingerprint density at radius 2 is 1.89 bits per heavy atom. The van der Waals surface area contributed by atoms with Crippen LogP contribution < -0.4 is 0 Å². The lowest BCUT2D eigenvalue weighted by Gasteiger charge is -2.26. The summed E-state index contributed by atoms with van der Waals surface area (Å²) < 4.78 is 0.992. The van der Waals surface area contributed by atoms with Gasteiger partial charge in [0, 0.05) is 22.1 Å². The molecule has 4 rings (SSSR count). The number of phenolic OH excluding ortho intramolecular Hbond substituents is 1. The molecule has 0 saturated heterocycles. The molecule has 1 aromatic heterocycles. The Kier molecular flexibility index (Phi) is 5.22. The third-order valence-electron chi connectivity index (χ3n) is 5.21. The molecule has 28 heavy (non-hydrogen) atoms. The van der Waals surface area contributed by atoms with E-state index in [0.717, 1.165) is 34.9 Å². The second-order valence-electron chi connectivity index (χ2n) is 7.04. The van der Waals surface area contributed by atoms with Crippen molar-refractivity contribution in [1.29, 1.82) is 0 Å².